The van der Waals surface area contributed by atoms with Gasteiger partial charge in [-0.1, -0.05) is 308 Å². The summed E-state index contributed by atoms with van der Waals surface area (Å²) < 4.78 is 0. The summed E-state index contributed by atoms with van der Waals surface area (Å²) in [5.74, 6) is 0. The maximum atomic E-state index is 6.13. The summed E-state index contributed by atoms with van der Waals surface area (Å²) in [6.45, 7) is 13.9. The number of pyridine rings is 1. The van der Waals surface area contributed by atoms with E-state index in [4.69, 9.17) is 4.98 Å². The van der Waals surface area contributed by atoms with Gasteiger partial charge in [0.1, 0.15) is 0 Å². The number of fused-ring (bicyclic) bond motifs is 4. The highest BCUT2D eigenvalue weighted by molar-refractivity contribution is 7.00. The first-order chi connectivity index (χ1) is 52.3. The molecule has 3 nitrogen and oxygen atoms in total. The van der Waals surface area contributed by atoms with Gasteiger partial charge >= 0.3 is 0 Å². The molecule has 0 bridgehead atoms. The van der Waals surface area contributed by atoms with Crippen LogP contribution in [0.2, 0.25) is 0 Å². The van der Waals surface area contributed by atoms with Gasteiger partial charge < -0.3 is 9.80 Å². The molecule has 107 heavy (non-hydrogen) atoms. The highest BCUT2D eigenvalue weighted by Gasteiger charge is 2.45. The van der Waals surface area contributed by atoms with Crippen molar-refractivity contribution in [3.05, 3.63) is 387 Å². The van der Waals surface area contributed by atoms with Crippen LogP contribution in [0.1, 0.15) is 52.7 Å². The minimum atomic E-state index is -0.197. The summed E-state index contributed by atoms with van der Waals surface area (Å²) in [6, 6.07) is 140. The van der Waals surface area contributed by atoms with Crippen molar-refractivity contribution < 1.29 is 0 Å². The monoisotopic (exact) mass is 1370 g/mol. The molecule has 0 radical (unpaired) electrons. The normalized spacial score (nSPS) is 12.3. The fraction of sp³-hybridized carbons (Fsp3) is 0.0777. The molecule has 2 aliphatic rings. The summed E-state index contributed by atoms with van der Waals surface area (Å²) in [5, 5.41) is 0. The van der Waals surface area contributed by atoms with Crippen molar-refractivity contribution in [3.8, 4) is 123 Å². The predicted octanol–water partition coefficient (Wildman–Crippen LogP) is 26.1. The van der Waals surface area contributed by atoms with Gasteiger partial charge in [0.05, 0.1) is 11.4 Å². The molecule has 1 aromatic heterocycles. The van der Waals surface area contributed by atoms with Gasteiger partial charge in [0.2, 0.25) is 0 Å². The molecule has 16 aromatic rings. The number of nitrogens with zero attached hydrogens (tertiary/aromatic N) is 3. The van der Waals surface area contributed by atoms with Gasteiger partial charge in [0, 0.05) is 45.3 Å². The lowest BCUT2D eigenvalue weighted by molar-refractivity contribution is 0.590. The van der Waals surface area contributed by atoms with Gasteiger partial charge in [-0.05, 0) is 248 Å². The largest absolute Gasteiger partial charge is 0.311 e. The lowest BCUT2D eigenvalue weighted by Gasteiger charge is -2.45. The molecule has 0 fully saturated rings. The van der Waals surface area contributed by atoms with E-state index < -0.39 is 0 Å². The van der Waals surface area contributed by atoms with Crippen LogP contribution in [0.5, 0.6) is 0 Å². The Morgan fingerprint density at radius 1 is 0.206 bits per heavy atom. The van der Waals surface area contributed by atoms with Crippen molar-refractivity contribution in [3.63, 3.8) is 0 Å². The van der Waals surface area contributed by atoms with E-state index in [2.05, 4.69) is 427 Å². The van der Waals surface area contributed by atoms with Crippen LogP contribution in [0.3, 0.4) is 0 Å². The van der Waals surface area contributed by atoms with E-state index in [1.807, 2.05) is 0 Å². The van der Waals surface area contributed by atoms with Crippen molar-refractivity contribution in [2.45, 2.75) is 52.4 Å². The first-order valence-corrected chi connectivity index (χ1v) is 37.4. The molecule has 0 aliphatic carbocycles. The van der Waals surface area contributed by atoms with Gasteiger partial charge in [0.25, 0.3) is 6.71 Å². The van der Waals surface area contributed by atoms with Crippen molar-refractivity contribution in [1.82, 2.24) is 4.98 Å². The topological polar surface area (TPSA) is 19.4 Å². The van der Waals surface area contributed by atoms with Gasteiger partial charge in [-0.15, -0.1) is 0 Å². The highest BCUT2D eigenvalue weighted by Crippen LogP contribution is 2.51. The fourth-order valence-electron chi connectivity index (χ4n) is 16.1. The Labute approximate surface area is 630 Å². The summed E-state index contributed by atoms with van der Waals surface area (Å²) in [7, 11) is 0. The second-order valence-electron chi connectivity index (χ2n) is 30.8. The zero-order valence-corrected chi connectivity index (χ0v) is 61.2. The SMILES string of the molecule is CC(C)(C)c1ccc2c(c1)B1c3cc(C(C)(C)C)ccc3N(c3cc(-c4ccccc4)cc(-c4ccccc4)c3)c3cc(-c4cc(-c5cc(-c6ccccc6)cc(-c6ccccc6)c5)cc(-c5cc(-c6ccccc6)cc(-c6ccccc6)c5)n4)cc(c31)N2c1cc(-c2ccccc2)cc(-c2ccccc2)c1. The second kappa shape index (κ2) is 27.3. The van der Waals surface area contributed by atoms with E-state index in [0.29, 0.717) is 0 Å². The average molecular weight is 1370 g/mol. The van der Waals surface area contributed by atoms with Gasteiger partial charge in [0.15, 0.2) is 0 Å². The summed E-state index contributed by atoms with van der Waals surface area (Å²) in [5.41, 5.74) is 36.6. The Morgan fingerprint density at radius 3 is 0.692 bits per heavy atom. The van der Waals surface area contributed by atoms with Gasteiger partial charge in [-0.25, -0.2) is 4.98 Å². The third-order valence-corrected chi connectivity index (χ3v) is 21.6. The van der Waals surface area contributed by atoms with Crippen molar-refractivity contribution in [2.75, 3.05) is 9.80 Å². The number of aromatic nitrogens is 1. The van der Waals surface area contributed by atoms with Crippen LogP contribution in [0.25, 0.3) is 123 Å². The summed E-state index contributed by atoms with van der Waals surface area (Å²) >= 11 is 0. The van der Waals surface area contributed by atoms with E-state index in [1.165, 1.54) is 27.5 Å². The van der Waals surface area contributed by atoms with Crippen LogP contribution in [0.4, 0.5) is 34.1 Å². The van der Waals surface area contributed by atoms with Crippen molar-refractivity contribution in [2.24, 2.45) is 0 Å². The van der Waals surface area contributed by atoms with Gasteiger partial charge in [-0.2, -0.15) is 0 Å². The van der Waals surface area contributed by atoms with Crippen LogP contribution < -0.4 is 26.2 Å². The molecular formula is C103H80BN3. The van der Waals surface area contributed by atoms with Crippen LogP contribution in [-0.2, 0) is 10.8 Å². The molecule has 0 spiro atoms. The second-order valence-corrected chi connectivity index (χ2v) is 30.8. The fourth-order valence-corrected chi connectivity index (χ4v) is 16.1. The van der Waals surface area contributed by atoms with E-state index in [-0.39, 0.29) is 17.5 Å². The Bertz CT molecular complexity index is 5400. The average Bonchev–Trinajstić information content (AvgIpc) is 0.691. The molecule has 510 valence electrons. The van der Waals surface area contributed by atoms with Crippen molar-refractivity contribution >= 4 is 57.2 Å². The van der Waals surface area contributed by atoms with Crippen LogP contribution in [0.15, 0.2) is 376 Å². The Morgan fingerprint density at radius 2 is 0.430 bits per heavy atom. The smallest absolute Gasteiger partial charge is 0.252 e. The predicted molar refractivity (Wildman–Crippen MR) is 455 cm³/mol. The highest BCUT2D eigenvalue weighted by atomic mass is 15.2. The standard InChI is InChI=1S/C103H80BN3/c1-102(2,3)89-47-49-97-93(67-89)104-94-68-90(103(4,5)6)48-50-98(94)107(92-61-84(75-43-27-13-28-44-75)56-85(62-92)76-45-29-14-30-46-76)100-66-88(65-99(101(100)104)106(97)91-59-82(73-39-23-11-24-40-73)55-83(60-91)74-41-25-12-26-42-74)96-64-86(81-53-77(69-31-15-7-16-32-69)51-78(54-81)70-33-17-8-18-34-70)63-95(105-96)87-57-79(71-35-19-9-20-36-71)52-80(58-87)72-37-21-10-22-38-72/h7-68H,1-6H3. The lowest BCUT2D eigenvalue weighted by atomic mass is 9.33. The van der Waals surface area contributed by atoms with Gasteiger partial charge in [-0.3, -0.25) is 0 Å². The first-order valence-electron chi connectivity index (χ1n) is 37.4. The molecule has 0 saturated heterocycles. The van der Waals surface area contributed by atoms with E-state index >= 15 is 0 Å². The number of rotatable bonds is 13. The number of anilines is 6. The molecule has 3 heterocycles. The van der Waals surface area contributed by atoms with E-state index in [9.17, 15) is 0 Å². The lowest BCUT2D eigenvalue weighted by Crippen LogP contribution is -2.61. The molecular weight excluding hydrogens is 1290 g/mol. The number of hydrogen-bond acceptors (Lipinski definition) is 3. The zero-order chi connectivity index (χ0) is 72.3. The molecule has 0 saturated carbocycles. The molecule has 0 amide bonds. The minimum Gasteiger partial charge on any atom is -0.311 e. The quantitative estimate of drug-likeness (QED) is 0.107. The third-order valence-electron chi connectivity index (χ3n) is 21.6. The molecule has 4 heteroatoms. The van der Waals surface area contributed by atoms with E-state index in [1.54, 1.807) is 0 Å². The maximum absolute atomic E-state index is 6.13. The number of hydrogen-bond donors (Lipinski definition) is 0. The van der Waals surface area contributed by atoms with Crippen LogP contribution in [0, 0.1) is 0 Å². The third kappa shape index (κ3) is 12.9. The van der Waals surface area contributed by atoms with Crippen LogP contribution in [-0.4, -0.2) is 11.7 Å². The molecule has 0 N–H and O–H groups in total. The first kappa shape index (κ1) is 66.1. The Hall–Kier alpha value is -12.9. The number of benzene rings is 15. The summed E-state index contributed by atoms with van der Waals surface area (Å²) in [6.07, 6.45) is 0. The van der Waals surface area contributed by atoms with Crippen LogP contribution >= 0.6 is 0 Å². The molecule has 18 rings (SSSR count). The molecule has 0 atom stereocenters. The van der Waals surface area contributed by atoms with Crippen molar-refractivity contribution in [1.29, 1.82) is 0 Å². The Kier molecular flexibility index (Phi) is 16.9. The maximum Gasteiger partial charge on any atom is 0.252 e. The molecule has 15 aromatic carbocycles. The zero-order valence-electron chi connectivity index (χ0n) is 61.2. The summed E-state index contributed by atoms with van der Waals surface area (Å²) in [4.78, 5) is 11.4. The molecule has 0 unspecified atom stereocenters. The van der Waals surface area contributed by atoms with E-state index in [0.717, 1.165) is 157 Å². The Balaban J connectivity index is 0.988. The minimum absolute atomic E-state index is 0.164. The molecule has 2 aliphatic heterocycles.